The van der Waals surface area contributed by atoms with Crippen LogP contribution in [0.4, 0.5) is 5.82 Å². The Morgan fingerprint density at radius 1 is 0.675 bits per heavy atom. The molecule has 0 unspecified atom stereocenters. The average Bonchev–Trinajstić information content (AvgIpc) is 3.41. The Morgan fingerprint density at radius 3 is 1.55 bits per heavy atom. The van der Waals surface area contributed by atoms with E-state index in [9.17, 15) is 0 Å². The van der Waals surface area contributed by atoms with E-state index >= 15 is 0 Å². The highest BCUT2D eigenvalue weighted by molar-refractivity contribution is 6.24. The number of nitrogens with two attached hydrogens (primary N) is 2. The van der Waals surface area contributed by atoms with Gasteiger partial charge in [0, 0.05) is 40.4 Å². The number of hydrogen-bond acceptors (Lipinski definition) is 3. The number of amidine groups is 1. The number of hydrogen-bond donors (Lipinski definition) is 2. The van der Waals surface area contributed by atoms with Gasteiger partial charge in [0.1, 0.15) is 5.82 Å². The van der Waals surface area contributed by atoms with Crippen LogP contribution in [0.1, 0.15) is 65.3 Å². The van der Waals surface area contributed by atoms with Crippen molar-refractivity contribution in [2.75, 3.05) is 13.1 Å². The van der Waals surface area contributed by atoms with Crippen molar-refractivity contribution in [2.24, 2.45) is 28.5 Å². The van der Waals surface area contributed by atoms with Crippen molar-refractivity contribution < 1.29 is 0 Å². The van der Waals surface area contributed by atoms with Gasteiger partial charge in [0.25, 0.3) is 0 Å². The smallest absolute Gasteiger partial charge is 0.162 e. The van der Waals surface area contributed by atoms with Gasteiger partial charge in [-0.05, 0) is 72.7 Å². The van der Waals surface area contributed by atoms with Crippen molar-refractivity contribution >= 4 is 49.7 Å². The molecule has 5 heteroatoms. The van der Waals surface area contributed by atoms with Gasteiger partial charge in [-0.3, -0.25) is 0 Å². The van der Waals surface area contributed by atoms with E-state index in [1.165, 1.54) is 43.6 Å². The van der Waals surface area contributed by atoms with Gasteiger partial charge in [0.2, 0.25) is 0 Å². The molecule has 0 saturated heterocycles. The van der Waals surface area contributed by atoms with E-state index in [-0.39, 0.29) is 0 Å². The highest BCUT2D eigenvalue weighted by Crippen LogP contribution is 2.36. The molecule has 0 radical (unpaired) electrons. The zero-order valence-corrected chi connectivity index (χ0v) is 25.8. The van der Waals surface area contributed by atoms with Crippen molar-refractivity contribution in [3.63, 3.8) is 0 Å². The molecule has 0 saturated carbocycles. The first-order valence-electron chi connectivity index (χ1n) is 14.5. The second kappa shape index (κ2) is 15.7. The summed E-state index contributed by atoms with van der Waals surface area (Å²) in [5, 5.41) is 7.35. The Balaban J connectivity index is 0.000000500. The first kappa shape index (κ1) is 32.4. The predicted octanol–water partition coefficient (Wildman–Crippen LogP) is 8.68. The van der Waals surface area contributed by atoms with E-state index in [4.69, 9.17) is 21.5 Å². The topological polar surface area (TPSA) is 81.7 Å². The van der Waals surface area contributed by atoms with Gasteiger partial charge in [-0.25, -0.2) is 9.98 Å². The maximum absolute atomic E-state index is 5.10. The quantitative estimate of drug-likeness (QED) is 0.224. The average molecular weight is 538 g/mol. The largest absolute Gasteiger partial charge is 0.332 e. The molecule has 0 amide bonds. The Morgan fingerprint density at radius 2 is 1.07 bits per heavy atom. The second-order valence-electron chi connectivity index (χ2n) is 8.91. The number of fused-ring (bicyclic) bond motifs is 4. The molecule has 0 fully saturated rings. The van der Waals surface area contributed by atoms with Gasteiger partial charge < -0.3 is 16.0 Å². The zero-order chi connectivity index (χ0) is 29.8. The molecule has 4 aromatic carbocycles. The molecule has 0 spiro atoms. The fraction of sp³-hybridized carbons (Fsp3) is 0.314. The molecular formula is C35H47N5. The summed E-state index contributed by atoms with van der Waals surface area (Å²) in [5.41, 5.74) is 14.2. The van der Waals surface area contributed by atoms with Crippen LogP contribution in [0, 0.1) is 6.92 Å². The summed E-state index contributed by atoms with van der Waals surface area (Å²) in [7, 11) is 2.09. The van der Waals surface area contributed by atoms with Crippen molar-refractivity contribution in [1.29, 1.82) is 0 Å². The summed E-state index contributed by atoms with van der Waals surface area (Å²) in [6, 6.07) is 25.9. The molecule has 0 atom stereocenters. The maximum Gasteiger partial charge on any atom is 0.162 e. The van der Waals surface area contributed by atoms with Crippen LogP contribution in [0.25, 0.3) is 32.3 Å². The number of benzene rings is 4. The Kier molecular flexibility index (Phi) is 12.7. The molecule has 212 valence electrons. The van der Waals surface area contributed by atoms with Crippen molar-refractivity contribution in [2.45, 2.75) is 55.4 Å². The third kappa shape index (κ3) is 6.85. The Hall–Kier alpha value is -3.80. The van der Waals surface area contributed by atoms with Gasteiger partial charge in [0.15, 0.2) is 5.84 Å². The number of aryl methyl sites for hydroxylation is 1. The molecule has 5 nitrogen and oxygen atoms in total. The van der Waals surface area contributed by atoms with E-state index in [0.29, 0.717) is 0 Å². The maximum atomic E-state index is 5.10. The minimum Gasteiger partial charge on any atom is -0.332 e. The predicted molar refractivity (Wildman–Crippen MR) is 180 cm³/mol. The standard InChI is InChI=1S/C27H21N3.2C2H7N.2C2H6/c1-16-22-12-18-8-4-6-10-20(18)14-24(22)26(28-16)29-27-25-15-21-11-7-5-9-19(21)13-23(25)17(2)30(27)3;2*1-2-3;2*1-2/h4-15H,1-3H3;2*2-3H2,1H3;2*1-2H3. The van der Waals surface area contributed by atoms with Gasteiger partial charge in [-0.15, -0.1) is 0 Å². The zero-order valence-electron chi connectivity index (χ0n) is 25.8. The third-order valence-corrected chi connectivity index (χ3v) is 6.34. The molecule has 0 aliphatic carbocycles. The summed E-state index contributed by atoms with van der Waals surface area (Å²) in [4.78, 5) is 9.95. The lowest BCUT2D eigenvalue weighted by Crippen LogP contribution is -1.97. The number of rotatable bonds is 1. The van der Waals surface area contributed by atoms with E-state index in [1.54, 1.807) is 0 Å². The van der Waals surface area contributed by atoms with Crippen LogP contribution in [-0.2, 0) is 7.05 Å². The SMILES string of the molecule is CC.CC.CC1=NC(=Nc2c3cc4ccccc4cc3c(C)n2C)c2cc3ccccc3cc21.CCN.CCN. The van der Waals surface area contributed by atoms with E-state index in [1.807, 2.05) is 41.5 Å². The summed E-state index contributed by atoms with van der Waals surface area (Å²) >= 11 is 0. The van der Waals surface area contributed by atoms with Crippen LogP contribution in [0.2, 0.25) is 0 Å². The Labute approximate surface area is 240 Å². The minimum absolute atomic E-state index is 0.750. The minimum atomic E-state index is 0.750. The van der Waals surface area contributed by atoms with E-state index in [2.05, 4.69) is 98.3 Å². The van der Waals surface area contributed by atoms with E-state index < -0.39 is 0 Å². The number of aromatic nitrogens is 1. The lowest BCUT2D eigenvalue weighted by Gasteiger charge is -2.05. The highest BCUT2D eigenvalue weighted by Gasteiger charge is 2.21. The first-order valence-corrected chi connectivity index (χ1v) is 14.5. The summed E-state index contributed by atoms with van der Waals surface area (Å²) in [6.45, 7) is 17.5. The van der Waals surface area contributed by atoms with Crippen LogP contribution in [-0.4, -0.2) is 29.2 Å². The molecule has 2 heterocycles. The van der Waals surface area contributed by atoms with Crippen LogP contribution in [0.5, 0.6) is 0 Å². The Bertz CT molecular complexity index is 1600. The van der Waals surface area contributed by atoms with Crippen molar-refractivity contribution in [3.05, 3.63) is 89.6 Å². The normalized spacial score (nSPS) is 12.3. The summed E-state index contributed by atoms with van der Waals surface area (Å²) in [6.07, 6.45) is 0. The molecule has 5 aromatic rings. The van der Waals surface area contributed by atoms with E-state index in [0.717, 1.165) is 36.0 Å². The monoisotopic (exact) mass is 537 g/mol. The highest BCUT2D eigenvalue weighted by atomic mass is 15.1. The summed E-state index contributed by atoms with van der Waals surface area (Å²) < 4.78 is 2.18. The third-order valence-electron chi connectivity index (χ3n) is 6.34. The van der Waals surface area contributed by atoms with Crippen LogP contribution in [0.3, 0.4) is 0 Å². The summed E-state index contributed by atoms with van der Waals surface area (Å²) in [5.74, 6) is 1.75. The molecule has 1 aromatic heterocycles. The van der Waals surface area contributed by atoms with Gasteiger partial charge >= 0.3 is 0 Å². The molecular weight excluding hydrogens is 490 g/mol. The number of aliphatic imine (C=N–C) groups is 2. The molecule has 1 aliphatic rings. The van der Waals surface area contributed by atoms with Gasteiger partial charge in [-0.1, -0.05) is 90.1 Å². The second-order valence-corrected chi connectivity index (χ2v) is 8.91. The fourth-order valence-corrected chi connectivity index (χ4v) is 4.57. The van der Waals surface area contributed by atoms with Crippen molar-refractivity contribution in [3.8, 4) is 0 Å². The molecule has 1 aliphatic heterocycles. The lowest BCUT2D eigenvalue weighted by atomic mass is 10.00. The molecule has 6 rings (SSSR count). The molecule has 4 N–H and O–H groups in total. The van der Waals surface area contributed by atoms with Crippen LogP contribution >= 0.6 is 0 Å². The van der Waals surface area contributed by atoms with Crippen LogP contribution < -0.4 is 11.5 Å². The van der Waals surface area contributed by atoms with Crippen molar-refractivity contribution in [1.82, 2.24) is 4.57 Å². The fourth-order valence-electron chi connectivity index (χ4n) is 4.57. The lowest BCUT2D eigenvalue weighted by molar-refractivity contribution is 0.888. The first-order chi connectivity index (χ1) is 19.4. The van der Waals surface area contributed by atoms with Crippen LogP contribution in [0.15, 0.2) is 82.8 Å². The molecule has 0 bridgehead atoms. The van der Waals surface area contributed by atoms with Gasteiger partial charge in [0.05, 0.1) is 0 Å². The van der Waals surface area contributed by atoms with Gasteiger partial charge in [-0.2, -0.15) is 0 Å². The number of nitrogens with zero attached hydrogens (tertiary/aromatic N) is 3. The molecule has 40 heavy (non-hydrogen) atoms.